The lowest BCUT2D eigenvalue weighted by Crippen LogP contribution is -2.30. The monoisotopic (exact) mass is 421 g/mol. The second-order valence-corrected chi connectivity index (χ2v) is 7.51. The van der Waals surface area contributed by atoms with Crippen LogP contribution in [-0.4, -0.2) is 35.1 Å². The third kappa shape index (κ3) is 5.57. The summed E-state index contributed by atoms with van der Waals surface area (Å²) in [4.78, 5) is 50.1. The van der Waals surface area contributed by atoms with E-state index >= 15 is 0 Å². The molecule has 31 heavy (non-hydrogen) atoms. The van der Waals surface area contributed by atoms with E-state index in [1.165, 1.54) is 4.90 Å². The summed E-state index contributed by atoms with van der Waals surface area (Å²) in [5.74, 6) is -0.726. The molecule has 2 N–H and O–H groups in total. The molecule has 0 aromatic heterocycles. The first-order valence-electron chi connectivity index (χ1n) is 10.6. The van der Waals surface area contributed by atoms with E-state index in [0.717, 1.165) is 12.8 Å². The number of para-hydroxylation sites is 2. The molecule has 0 atom stereocenters. The Hall–Kier alpha value is -3.48. The molecule has 0 aliphatic carbocycles. The van der Waals surface area contributed by atoms with Gasteiger partial charge in [0.2, 0.25) is 11.8 Å². The van der Waals surface area contributed by atoms with Crippen molar-refractivity contribution in [3.8, 4) is 0 Å². The predicted molar refractivity (Wildman–Crippen MR) is 119 cm³/mol. The standard InChI is InChI=1S/C24H27N3O4/c1-2-10-21(28)25-19-13-7-8-14-20(19)26-22(29)15-4-3-9-16-27-23(30)17-11-5-6-12-18(17)24(27)31/h5-8,11-14H,2-4,9-10,15-16H2,1H3,(H,25,28)(H,26,29). The average Bonchev–Trinajstić information content (AvgIpc) is 3.00. The Morgan fingerprint density at radius 1 is 0.742 bits per heavy atom. The van der Waals surface area contributed by atoms with Gasteiger partial charge in [-0.05, 0) is 43.5 Å². The fourth-order valence-corrected chi connectivity index (χ4v) is 3.53. The van der Waals surface area contributed by atoms with Crippen LogP contribution in [0.1, 0.15) is 66.2 Å². The number of unbranched alkanes of at least 4 members (excludes halogenated alkanes) is 2. The Bertz CT molecular complexity index is 951. The third-order valence-corrected chi connectivity index (χ3v) is 5.12. The van der Waals surface area contributed by atoms with Gasteiger partial charge in [0, 0.05) is 19.4 Å². The Balaban J connectivity index is 1.41. The van der Waals surface area contributed by atoms with Crippen molar-refractivity contribution in [2.24, 2.45) is 0 Å². The Labute approximate surface area is 181 Å². The molecule has 4 amide bonds. The molecule has 0 unspecified atom stereocenters. The summed E-state index contributed by atoms with van der Waals surface area (Å²) in [6.07, 6.45) is 3.49. The van der Waals surface area contributed by atoms with Crippen LogP contribution in [0.4, 0.5) is 11.4 Å². The predicted octanol–water partition coefficient (Wildman–Crippen LogP) is 4.22. The summed E-state index contributed by atoms with van der Waals surface area (Å²) in [7, 11) is 0. The fraction of sp³-hybridized carbons (Fsp3) is 0.333. The van der Waals surface area contributed by atoms with Crippen molar-refractivity contribution in [3.63, 3.8) is 0 Å². The third-order valence-electron chi connectivity index (χ3n) is 5.12. The maximum Gasteiger partial charge on any atom is 0.261 e. The minimum absolute atomic E-state index is 0.0858. The van der Waals surface area contributed by atoms with Crippen molar-refractivity contribution in [1.82, 2.24) is 4.90 Å². The van der Waals surface area contributed by atoms with Crippen LogP contribution in [0.15, 0.2) is 48.5 Å². The molecule has 0 saturated heterocycles. The molecule has 3 rings (SSSR count). The molecule has 0 fully saturated rings. The number of hydrogen-bond donors (Lipinski definition) is 2. The lowest BCUT2D eigenvalue weighted by atomic mass is 10.1. The molecule has 1 aliphatic heterocycles. The fourth-order valence-electron chi connectivity index (χ4n) is 3.53. The molecule has 0 bridgehead atoms. The maximum atomic E-state index is 12.3. The smallest absolute Gasteiger partial charge is 0.261 e. The van der Waals surface area contributed by atoms with Gasteiger partial charge in [0.25, 0.3) is 11.8 Å². The Morgan fingerprint density at radius 2 is 1.26 bits per heavy atom. The quantitative estimate of drug-likeness (QED) is 0.443. The lowest BCUT2D eigenvalue weighted by molar-refractivity contribution is -0.117. The van der Waals surface area contributed by atoms with Gasteiger partial charge >= 0.3 is 0 Å². The van der Waals surface area contributed by atoms with E-state index in [1.807, 2.05) is 6.92 Å². The van der Waals surface area contributed by atoms with Crippen LogP contribution >= 0.6 is 0 Å². The van der Waals surface area contributed by atoms with E-state index in [0.29, 0.717) is 54.7 Å². The first-order chi connectivity index (χ1) is 15.0. The summed E-state index contributed by atoms with van der Waals surface area (Å²) in [6.45, 7) is 2.28. The van der Waals surface area contributed by atoms with Crippen LogP contribution in [-0.2, 0) is 9.59 Å². The van der Waals surface area contributed by atoms with E-state index in [1.54, 1.807) is 48.5 Å². The van der Waals surface area contributed by atoms with Gasteiger partial charge in [0.05, 0.1) is 22.5 Å². The lowest BCUT2D eigenvalue weighted by Gasteiger charge is -2.14. The van der Waals surface area contributed by atoms with Crippen LogP contribution in [0.2, 0.25) is 0 Å². The number of nitrogens with one attached hydrogen (secondary N) is 2. The summed E-state index contributed by atoms with van der Waals surface area (Å²) in [5, 5.41) is 5.66. The number of rotatable bonds is 10. The Kier molecular flexibility index (Phi) is 7.54. The molecule has 1 heterocycles. The van der Waals surface area contributed by atoms with Crippen LogP contribution in [0.25, 0.3) is 0 Å². The van der Waals surface area contributed by atoms with Crippen LogP contribution in [0.3, 0.4) is 0 Å². The number of carbonyl (C=O) groups is 4. The van der Waals surface area contributed by atoms with Crippen molar-refractivity contribution in [2.45, 2.75) is 45.4 Å². The molecule has 0 radical (unpaired) electrons. The topological polar surface area (TPSA) is 95.6 Å². The zero-order valence-electron chi connectivity index (χ0n) is 17.6. The van der Waals surface area contributed by atoms with Crippen LogP contribution in [0, 0.1) is 0 Å². The van der Waals surface area contributed by atoms with E-state index in [4.69, 9.17) is 0 Å². The summed E-state index contributed by atoms with van der Waals surface area (Å²) >= 11 is 0. The van der Waals surface area contributed by atoms with Crippen molar-refractivity contribution >= 4 is 35.0 Å². The average molecular weight is 421 g/mol. The first-order valence-corrected chi connectivity index (χ1v) is 10.6. The molecular weight excluding hydrogens is 394 g/mol. The minimum Gasteiger partial charge on any atom is -0.324 e. The molecule has 0 spiro atoms. The maximum absolute atomic E-state index is 12.3. The molecule has 0 saturated carbocycles. The number of anilines is 2. The van der Waals surface area contributed by atoms with E-state index in [2.05, 4.69) is 10.6 Å². The summed E-state index contributed by atoms with van der Waals surface area (Å²) in [5.41, 5.74) is 2.07. The second-order valence-electron chi connectivity index (χ2n) is 7.51. The van der Waals surface area contributed by atoms with Gasteiger partial charge in [0.1, 0.15) is 0 Å². The molecule has 2 aromatic carbocycles. The highest BCUT2D eigenvalue weighted by atomic mass is 16.2. The highest BCUT2D eigenvalue weighted by Crippen LogP contribution is 2.23. The summed E-state index contributed by atoms with van der Waals surface area (Å²) < 4.78 is 0. The molecule has 7 heteroatoms. The van der Waals surface area contributed by atoms with Crippen molar-refractivity contribution in [3.05, 3.63) is 59.7 Å². The van der Waals surface area contributed by atoms with Gasteiger partial charge in [-0.15, -0.1) is 0 Å². The Morgan fingerprint density at radius 3 is 1.81 bits per heavy atom. The van der Waals surface area contributed by atoms with E-state index in [9.17, 15) is 19.2 Å². The number of hydrogen-bond acceptors (Lipinski definition) is 4. The van der Waals surface area contributed by atoms with Crippen LogP contribution in [0.5, 0.6) is 0 Å². The highest BCUT2D eigenvalue weighted by Gasteiger charge is 2.34. The summed E-state index contributed by atoms with van der Waals surface area (Å²) in [6, 6.07) is 13.9. The minimum atomic E-state index is -0.250. The zero-order valence-corrected chi connectivity index (χ0v) is 17.6. The van der Waals surface area contributed by atoms with Gasteiger partial charge in [-0.2, -0.15) is 0 Å². The highest BCUT2D eigenvalue weighted by molar-refractivity contribution is 6.21. The number of amides is 4. The molecule has 162 valence electrons. The van der Waals surface area contributed by atoms with Crippen molar-refractivity contribution < 1.29 is 19.2 Å². The molecular formula is C24H27N3O4. The molecule has 1 aliphatic rings. The molecule has 2 aromatic rings. The number of nitrogens with zero attached hydrogens (tertiary/aromatic N) is 1. The van der Waals surface area contributed by atoms with Gasteiger partial charge in [-0.25, -0.2) is 0 Å². The van der Waals surface area contributed by atoms with E-state index in [-0.39, 0.29) is 23.6 Å². The van der Waals surface area contributed by atoms with Crippen LogP contribution < -0.4 is 10.6 Å². The molecule has 7 nitrogen and oxygen atoms in total. The van der Waals surface area contributed by atoms with Gasteiger partial charge in [-0.1, -0.05) is 37.6 Å². The number of benzene rings is 2. The number of carbonyl (C=O) groups excluding carboxylic acids is 4. The largest absolute Gasteiger partial charge is 0.324 e. The van der Waals surface area contributed by atoms with E-state index < -0.39 is 0 Å². The normalized spacial score (nSPS) is 12.6. The number of fused-ring (bicyclic) bond motifs is 1. The second kappa shape index (κ2) is 10.5. The first kappa shape index (κ1) is 22.2. The van der Waals surface area contributed by atoms with Gasteiger partial charge in [-0.3, -0.25) is 24.1 Å². The zero-order chi connectivity index (χ0) is 22.2. The van der Waals surface area contributed by atoms with Gasteiger partial charge < -0.3 is 10.6 Å². The van der Waals surface area contributed by atoms with Crippen molar-refractivity contribution in [1.29, 1.82) is 0 Å². The number of imide groups is 1. The SMILES string of the molecule is CCCC(=O)Nc1ccccc1NC(=O)CCCCCN1C(=O)c2ccccc2C1=O. The van der Waals surface area contributed by atoms with Gasteiger partial charge in [0.15, 0.2) is 0 Å². The van der Waals surface area contributed by atoms with Crippen molar-refractivity contribution in [2.75, 3.05) is 17.2 Å².